The van der Waals surface area contributed by atoms with Gasteiger partial charge in [-0.15, -0.1) is 0 Å². The highest BCUT2D eigenvalue weighted by atomic mass is 16.2. The third-order valence-corrected chi connectivity index (χ3v) is 3.86. The third kappa shape index (κ3) is 4.91. The molecule has 0 saturated carbocycles. The van der Waals surface area contributed by atoms with Crippen LogP contribution in [0, 0.1) is 0 Å². The fourth-order valence-corrected chi connectivity index (χ4v) is 2.51. The van der Waals surface area contributed by atoms with Gasteiger partial charge in [0.2, 0.25) is 5.91 Å². The number of nitrogens with two attached hydrogens (primary N) is 1. The van der Waals surface area contributed by atoms with E-state index in [-0.39, 0.29) is 19.1 Å². The van der Waals surface area contributed by atoms with Gasteiger partial charge in [-0.2, -0.15) is 0 Å². The monoisotopic (exact) mass is 312 g/mol. The van der Waals surface area contributed by atoms with Crippen molar-refractivity contribution in [2.45, 2.75) is 19.4 Å². The lowest BCUT2D eigenvalue weighted by atomic mass is 10.0. The van der Waals surface area contributed by atoms with Crippen molar-refractivity contribution in [3.63, 3.8) is 0 Å². The Bertz CT molecular complexity index is 638. The van der Waals surface area contributed by atoms with Crippen LogP contribution in [0.25, 0.3) is 11.1 Å². The number of aliphatic hydroxyl groups is 1. The van der Waals surface area contributed by atoms with E-state index in [1.54, 1.807) is 11.9 Å². The maximum absolute atomic E-state index is 11.6. The van der Waals surface area contributed by atoms with Crippen LogP contribution >= 0.6 is 0 Å². The predicted molar refractivity (Wildman–Crippen MR) is 92.8 cm³/mol. The van der Waals surface area contributed by atoms with Gasteiger partial charge >= 0.3 is 0 Å². The van der Waals surface area contributed by atoms with E-state index in [0.29, 0.717) is 6.54 Å². The molecule has 0 unspecified atom stereocenters. The summed E-state index contributed by atoms with van der Waals surface area (Å²) >= 11 is 0. The zero-order valence-corrected chi connectivity index (χ0v) is 13.5. The topological polar surface area (TPSA) is 66.6 Å². The highest BCUT2D eigenvalue weighted by Crippen LogP contribution is 2.22. The van der Waals surface area contributed by atoms with Crippen LogP contribution in [0.4, 0.5) is 0 Å². The average Bonchev–Trinajstić information content (AvgIpc) is 2.59. The second-order valence-electron chi connectivity index (χ2n) is 5.68. The third-order valence-electron chi connectivity index (χ3n) is 3.86. The Morgan fingerprint density at radius 2 is 1.83 bits per heavy atom. The first-order chi connectivity index (χ1) is 11.1. The Hall–Kier alpha value is -2.17. The second-order valence-corrected chi connectivity index (χ2v) is 5.68. The lowest BCUT2D eigenvalue weighted by Gasteiger charge is -2.16. The fourth-order valence-electron chi connectivity index (χ4n) is 2.51. The summed E-state index contributed by atoms with van der Waals surface area (Å²) in [5.41, 5.74) is 9.97. The normalized spacial score (nSPS) is 10.6. The van der Waals surface area contributed by atoms with Gasteiger partial charge in [0, 0.05) is 20.2 Å². The molecule has 23 heavy (non-hydrogen) atoms. The van der Waals surface area contributed by atoms with Crippen molar-refractivity contribution in [3.05, 3.63) is 59.7 Å². The molecule has 3 N–H and O–H groups in total. The van der Waals surface area contributed by atoms with Gasteiger partial charge in [-0.05, 0) is 41.2 Å². The fraction of sp³-hybridized carbons (Fsp3) is 0.316. The summed E-state index contributed by atoms with van der Waals surface area (Å²) < 4.78 is 0. The number of benzene rings is 2. The van der Waals surface area contributed by atoms with Gasteiger partial charge in [0.15, 0.2) is 0 Å². The van der Waals surface area contributed by atoms with Gasteiger partial charge in [-0.25, -0.2) is 0 Å². The minimum Gasteiger partial charge on any atom is -0.396 e. The Balaban J connectivity index is 2.11. The molecule has 0 aromatic heterocycles. The van der Waals surface area contributed by atoms with E-state index in [4.69, 9.17) is 10.8 Å². The maximum atomic E-state index is 11.6. The van der Waals surface area contributed by atoms with E-state index < -0.39 is 0 Å². The minimum atomic E-state index is -0.0661. The van der Waals surface area contributed by atoms with Crippen LogP contribution in [-0.2, 0) is 17.8 Å². The van der Waals surface area contributed by atoms with E-state index in [0.717, 1.165) is 29.5 Å². The number of aliphatic hydroxyl groups excluding tert-OH is 1. The molecule has 2 aromatic carbocycles. The number of aryl methyl sites for hydroxylation is 1. The van der Waals surface area contributed by atoms with Gasteiger partial charge in [0.25, 0.3) is 0 Å². The van der Waals surface area contributed by atoms with Crippen molar-refractivity contribution < 1.29 is 9.90 Å². The molecule has 0 spiro atoms. The quantitative estimate of drug-likeness (QED) is 0.823. The number of hydrogen-bond acceptors (Lipinski definition) is 3. The van der Waals surface area contributed by atoms with E-state index >= 15 is 0 Å². The minimum absolute atomic E-state index is 0.0332. The molecule has 0 atom stereocenters. The van der Waals surface area contributed by atoms with Crippen molar-refractivity contribution in [1.82, 2.24) is 4.90 Å². The largest absolute Gasteiger partial charge is 0.396 e. The molecule has 0 aliphatic rings. The molecule has 2 aromatic rings. The molecule has 0 saturated heterocycles. The predicted octanol–water partition coefficient (Wildman–Crippen LogP) is 2.20. The first kappa shape index (κ1) is 17.2. The van der Waals surface area contributed by atoms with Gasteiger partial charge in [-0.3, -0.25) is 4.79 Å². The van der Waals surface area contributed by atoms with E-state index in [9.17, 15) is 4.79 Å². The molecular formula is C19H24N2O2. The van der Waals surface area contributed by atoms with Gasteiger partial charge in [0.1, 0.15) is 0 Å². The first-order valence-electron chi connectivity index (χ1n) is 7.87. The van der Waals surface area contributed by atoms with Gasteiger partial charge in [0.05, 0.1) is 6.54 Å². The Morgan fingerprint density at radius 1 is 1.09 bits per heavy atom. The van der Waals surface area contributed by atoms with Crippen LogP contribution in [0.5, 0.6) is 0 Å². The lowest BCUT2D eigenvalue weighted by molar-refractivity contribution is -0.128. The summed E-state index contributed by atoms with van der Waals surface area (Å²) in [7, 11) is 1.76. The molecule has 1 amide bonds. The summed E-state index contributed by atoms with van der Waals surface area (Å²) in [6.45, 7) is 0.808. The van der Waals surface area contributed by atoms with E-state index in [2.05, 4.69) is 36.4 Å². The first-order valence-corrected chi connectivity index (χ1v) is 7.87. The highest BCUT2D eigenvalue weighted by Gasteiger charge is 2.07. The molecular weight excluding hydrogens is 288 g/mol. The number of nitrogens with zero attached hydrogens (tertiary/aromatic N) is 1. The summed E-state index contributed by atoms with van der Waals surface area (Å²) in [5.74, 6) is -0.0661. The molecule has 4 heteroatoms. The Kier molecular flexibility index (Phi) is 6.32. The summed E-state index contributed by atoms with van der Waals surface area (Å²) in [6.07, 6.45) is 1.68. The van der Waals surface area contributed by atoms with Crippen LogP contribution < -0.4 is 5.73 Å². The SMILES string of the molecule is CN(Cc1cccc(-c2ccc(CCCO)cc2)c1)C(=O)CN. The molecule has 0 radical (unpaired) electrons. The van der Waals surface area contributed by atoms with Crippen molar-refractivity contribution >= 4 is 5.91 Å². The Labute approximate surface area is 137 Å². The van der Waals surface area contributed by atoms with Crippen molar-refractivity contribution in [2.24, 2.45) is 5.73 Å². The molecule has 0 fully saturated rings. The molecule has 2 rings (SSSR count). The zero-order chi connectivity index (χ0) is 16.7. The summed E-state index contributed by atoms with van der Waals surface area (Å²) in [6, 6.07) is 16.6. The zero-order valence-electron chi connectivity index (χ0n) is 13.5. The van der Waals surface area contributed by atoms with Crippen LogP contribution in [-0.4, -0.2) is 36.1 Å². The van der Waals surface area contributed by atoms with Crippen molar-refractivity contribution in [3.8, 4) is 11.1 Å². The number of amides is 1. The van der Waals surface area contributed by atoms with Gasteiger partial charge in [-0.1, -0.05) is 42.5 Å². The van der Waals surface area contributed by atoms with Crippen LogP contribution in [0.2, 0.25) is 0 Å². The Morgan fingerprint density at radius 3 is 2.48 bits per heavy atom. The van der Waals surface area contributed by atoms with Crippen LogP contribution in [0.1, 0.15) is 17.5 Å². The molecule has 4 nitrogen and oxygen atoms in total. The number of carbonyl (C=O) groups is 1. The standard InChI is InChI=1S/C19H24N2O2/c1-21(19(23)13-20)14-16-4-2-6-18(12-16)17-9-7-15(8-10-17)5-3-11-22/h2,4,6-10,12,22H,3,5,11,13-14,20H2,1H3. The number of carbonyl (C=O) groups excluding carboxylic acids is 1. The summed E-state index contributed by atoms with van der Waals surface area (Å²) in [5, 5.41) is 8.88. The van der Waals surface area contributed by atoms with Crippen LogP contribution in [0.3, 0.4) is 0 Å². The van der Waals surface area contributed by atoms with E-state index in [1.807, 2.05) is 12.1 Å². The average molecular weight is 312 g/mol. The molecule has 0 heterocycles. The summed E-state index contributed by atoms with van der Waals surface area (Å²) in [4.78, 5) is 13.2. The number of rotatable bonds is 7. The smallest absolute Gasteiger partial charge is 0.236 e. The molecule has 122 valence electrons. The van der Waals surface area contributed by atoms with E-state index in [1.165, 1.54) is 5.56 Å². The van der Waals surface area contributed by atoms with Crippen molar-refractivity contribution in [1.29, 1.82) is 0 Å². The van der Waals surface area contributed by atoms with Gasteiger partial charge < -0.3 is 15.7 Å². The molecule has 0 bridgehead atoms. The van der Waals surface area contributed by atoms with Crippen LogP contribution in [0.15, 0.2) is 48.5 Å². The lowest BCUT2D eigenvalue weighted by Crippen LogP contribution is -2.32. The highest BCUT2D eigenvalue weighted by molar-refractivity contribution is 5.77. The molecule has 0 aliphatic carbocycles. The number of likely N-dealkylation sites (N-methyl/N-ethyl adjacent to an activating group) is 1. The second kappa shape index (κ2) is 8.46. The molecule has 0 aliphatic heterocycles. The number of hydrogen-bond donors (Lipinski definition) is 2. The van der Waals surface area contributed by atoms with Crippen molar-refractivity contribution in [2.75, 3.05) is 20.2 Å². The maximum Gasteiger partial charge on any atom is 0.236 e.